The van der Waals surface area contributed by atoms with Crippen molar-refractivity contribution in [2.24, 2.45) is 4.99 Å². The summed E-state index contributed by atoms with van der Waals surface area (Å²) >= 11 is 0. The standard InChI is InChI=1S/C21H37N5O/c1-4-11-25(5-2)12-10-23-21(22-3)24-17-19-8-6-7-9-20(19)18-26-13-15-27-16-14-26/h6-9H,4-5,10-18H2,1-3H3,(H2,22,23,24). The number of likely N-dealkylation sites (N-methyl/N-ethyl adjacent to an activating group) is 1. The lowest BCUT2D eigenvalue weighted by atomic mass is 10.1. The third kappa shape index (κ3) is 7.87. The van der Waals surface area contributed by atoms with Gasteiger partial charge in [0.15, 0.2) is 5.96 Å². The number of ether oxygens (including phenoxy) is 1. The largest absolute Gasteiger partial charge is 0.379 e. The number of morpholine rings is 1. The van der Waals surface area contributed by atoms with E-state index in [2.05, 4.69) is 63.5 Å². The van der Waals surface area contributed by atoms with E-state index in [0.29, 0.717) is 0 Å². The predicted octanol–water partition coefficient (Wildman–Crippen LogP) is 1.92. The van der Waals surface area contributed by atoms with Crippen LogP contribution in [0.4, 0.5) is 0 Å². The zero-order valence-electron chi connectivity index (χ0n) is 17.3. The normalized spacial score (nSPS) is 15.9. The van der Waals surface area contributed by atoms with Crippen molar-refractivity contribution in [3.8, 4) is 0 Å². The summed E-state index contributed by atoms with van der Waals surface area (Å²) in [6.45, 7) is 14.1. The Labute approximate surface area is 165 Å². The Morgan fingerprint density at radius 1 is 1.11 bits per heavy atom. The quantitative estimate of drug-likeness (QED) is 0.483. The fourth-order valence-corrected chi connectivity index (χ4v) is 3.36. The van der Waals surface area contributed by atoms with E-state index in [4.69, 9.17) is 4.74 Å². The molecule has 1 aromatic rings. The van der Waals surface area contributed by atoms with Gasteiger partial charge in [0.05, 0.1) is 13.2 Å². The lowest BCUT2D eigenvalue weighted by Crippen LogP contribution is -2.41. The van der Waals surface area contributed by atoms with Crippen LogP contribution in [0.2, 0.25) is 0 Å². The number of aliphatic imine (C=N–C) groups is 1. The van der Waals surface area contributed by atoms with Gasteiger partial charge in [-0.25, -0.2) is 0 Å². The van der Waals surface area contributed by atoms with Crippen molar-refractivity contribution in [2.75, 3.05) is 59.5 Å². The van der Waals surface area contributed by atoms with Crippen LogP contribution in [0.1, 0.15) is 31.4 Å². The van der Waals surface area contributed by atoms with Gasteiger partial charge in [-0.15, -0.1) is 0 Å². The highest BCUT2D eigenvalue weighted by atomic mass is 16.5. The lowest BCUT2D eigenvalue weighted by Gasteiger charge is -2.27. The molecule has 152 valence electrons. The number of nitrogens with one attached hydrogen (secondary N) is 2. The van der Waals surface area contributed by atoms with Crippen LogP contribution in [0.15, 0.2) is 29.3 Å². The van der Waals surface area contributed by atoms with Gasteiger partial charge in [-0.1, -0.05) is 38.1 Å². The molecule has 6 nitrogen and oxygen atoms in total. The Kier molecular flexibility index (Phi) is 10.2. The molecule has 2 N–H and O–H groups in total. The molecule has 0 saturated carbocycles. The van der Waals surface area contributed by atoms with E-state index in [1.54, 1.807) is 0 Å². The summed E-state index contributed by atoms with van der Waals surface area (Å²) in [6, 6.07) is 8.67. The number of benzene rings is 1. The Hall–Kier alpha value is -1.63. The minimum Gasteiger partial charge on any atom is -0.379 e. The molecule has 1 aliphatic heterocycles. The highest BCUT2D eigenvalue weighted by Crippen LogP contribution is 2.12. The van der Waals surface area contributed by atoms with Gasteiger partial charge in [0.1, 0.15) is 0 Å². The molecule has 1 fully saturated rings. The maximum absolute atomic E-state index is 5.46. The average molecular weight is 376 g/mol. The molecular weight excluding hydrogens is 338 g/mol. The summed E-state index contributed by atoms with van der Waals surface area (Å²) in [6.07, 6.45) is 1.20. The number of guanidine groups is 1. The van der Waals surface area contributed by atoms with Crippen molar-refractivity contribution >= 4 is 5.96 Å². The molecule has 1 aliphatic rings. The average Bonchev–Trinajstić information content (AvgIpc) is 2.71. The number of rotatable bonds is 10. The second-order valence-corrected chi connectivity index (χ2v) is 6.94. The fourth-order valence-electron chi connectivity index (χ4n) is 3.36. The van der Waals surface area contributed by atoms with Crippen molar-refractivity contribution in [3.05, 3.63) is 35.4 Å². The molecule has 1 heterocycles. The molecule has 2 rings (SSSR count). The van der Waals surface area contributed by atoms with Crippen LogP contribution in [0.3, 0.4) is 0 Å². The molecule has 1 aromatic carbocycles. The van der Waals surface area contributed by atoms with Gasteiger partial charge in [0.25, 0.3) is 0 Å². The van der Waals surface area contributed by atoms with E-state index in [1.807, 2.05) is 7.05 Å². The minimum atomic E-state index is 0.784. The SMILES string of the molecule is CCCN(CC)CCNC(=NC)NCc1ccccc1CN1CCOCC1. The van der Waals surface area contributed by atoms with Gasteiger partial charge in [0, 0.05) is 46.3 Å². The van der Waals surface area contributed by atoms with Gasteiger partial charge >= 0.3 is 0 Å². The molecule has 0 radical (unpaired) electrons. The van der Waals surface area contributed by atoms with E-state index in [9.17, 15) is 0 Å². The van der Waals surface area contributed by atoms with Gasteiger partial charge < -0.3 is 20.3 Å². The van der Waals surface area contributed by atoms with Crippen LogP contribution in [0, 0.1) is 0 Å². The molecular formula is C21H37N5O. The van der Waals surface area contributed by atoms with Crippen molar-refractivity contribution in [2.45, 2.75) is 33.4 Å². The van der Waals surface area contributed by atoms with Crippen LogP contribution >= 0.6 is 0 Å². The van der Waals surface area contributed by atoms with Crippen molar-refractivity contribution < 1.29 is 4.74 Å². The molecule has 6 heteroatoms. The van der Waals surface area contributed by atoms with Crippen LogP contribution in [-0.4, -0.2) is 75.3 Å². The van der Waals surface area contributed by atoms with E-state index >= 15 is 0 Å². The topological polar surface area (TPSA) is 52.1 Å². The molecule has 0 spiro atoms. The predicted molar refractivity (Wildman–Crippen MR) is 113 cm³/mol. The first-order chi connectivity index (χ1) is 13.3. The Morgan fingerprint density at radius 2 is 1.85 bits per heavy atom. The molecule has 0 aliphatic carbocycles. The number of hydrogen-bond acceptors (Lipinski definition) is 4. The molecule has 27 heavy (non-hydrogen) atoms. The summed E-state index contributed by atoms with van der Waals surface area (Å²) in [4.78, 5) is 9.28. The lowest BCUT2D eigenvalue weighted by molar-refractivity contribution is 0.0341. The molecule has 1 saturated heterocycles. The Morgan fingerprint density at radius 3 is 2.52 bits per heavy atom. The fraction of sp³-hybridized carbons (Fsp3) is 0.667. The summed E-state index contributed by atoms with van der Waals surface area (Å²) in [5.74, 6) is 0.865. The number of nitrogens with zero attached hydrogens (tertiary/aromatic N) is 3. The molecule has 0 amide bonds. The Balaban J connectivity index is 1.81. The molecule has 0 atom stereocenters. The highest BCUT2D eigenvalue weighted by Gasteiger charge is 2.12. The molecule has 0 unspecified atom stereocenters. The molecule has 0 aromatic heterocycles. The Bertz CT molecular complexity index is 557. The first-order valence-corrected chi connectivity index (χ1v) is 10.3. The zero-order valence-corrected chi connectivity index (χ0v) is 17.3. The van der Waals surface area contributed by atoms with Crippen LogP contribution in [0.25, 0.3) is 0 Å². The summed E-state index contributed by atoms with van der Waals surface area (Å²) < 4.78 is 5.46. The first-order valence-electron chi connectivity index (χ1n) is 10.3. The van der Waals surface area contributed by atoms with Crippen molar-refractivity contribution in [1.29, 1.82) is 0 Å². The second kappa shape index (κ2) is 12.7. The first kappa shape index (κ1) is 21.7. The van der Waals surface area contributed by atoms with E-state index in [1.165, 1.54) is 17.5 Å². The van der Waals surface area contributed by atoms with Crippen LogP contribution in [-0.2, 0) is 17.8 Å². The van der Waals surface area contributed by atoms with Gasteiger partial charge in [0.2, 0.25) is 0 Å². The van der Waals surface area contributed by atoms with E-state index < -0.39 is 0 Å². The second-order valence-electron chi connectivity index (χ2n) is 6.94. The van der Waals surface area contributed by atoms with Gasteiger partial charge in [-0.2, -0.15) is 0 Å². The summed E-state index contributed by atoms with van der Waals surface area (Å²) in [5, 5.41) is 6.90. The smallest absolute Gasteiger partial charge is 0.191 e. The summed E-state index contributed by atoms with van der Waals surface area (Å²) in [7, 11) is 1.83. The van der Waals surface area contributed by atoms with Crippen LogP contribution < -0.4 is 10.6 Å². The third-order valence-electron chi connectivity index (χ3n) is 4.99. The summed E-state index contributed by atoms with van der Waals surface area (Å²) in [5.41, 5.74) is 2.70. The highest BCUT2D eigenvalue weighted by molar-refractivity contribution is 5.79. The van der Waals surface area contributed by atoms with E-state index in [0.717, 1.165) is 71.5 Å². The van der Waals surface area contributed by atoms with Crippen molar-refractivity contribution in [1.82, 2.24) is 20.4 Å². The minimum absolute atomic E-state index is 0.784. The van der Waals surface area contributed by atoms with Crippen LogP contribution in [0.5, 0.6) is 0 Å². The number of hydrogen-bond donors (Lipinski definition) is 2. The van der Waals surface area contributed by atoms with E-state index in [-0.39, 0.29) is 0 Å². The maximum atomic E-state index is 5.46. The monoisotopic (exact) mass is 375 g/mol. The maximum Gasteiger partial charge on any atom is 0.191 e. The van der Waals surface area contributed by atoms with Gasteiger partial charge in [-0.3, -0.25) is 9.89 Å². The zero-order chi connectivity index (χ0) is 19.3. The molecule has 0 bridgehead atoms. The van der Waals surface area contributed by atoms with Gasteiger partial charge in [-0.05, 0) is 30.6 Å². The third-order valence-corrected chi connectivity index (χ3v) is 4.99. The van der Waals surface area contributed by atoms with Crippen molar-refractivity contribution in [3.63, 3.8) is 0 Å².